The van der Waals surface area contributed by atoms with Crippen LogP contribution in [0.3, 0.4) is 0 Å². The van der Waals surface area contributed by atoms with E-state index in [1.54, 1.807) is 18.2 Å². The zero-order valence-electron chi connectivity index (χ0n) is 12.3. The number of nitro benzene ring substituents is 1. The lowest BCUT2D eigenvalue weighted by Crippen LogP contribution is -2.06. The molecule has 0 saturated heterocycles. The first-order valence-corrected chi connectivity index (χ1v) is 7.10. The van der Waals surface area contributed by atoms with Crippen LogP contribution in [0, 0.1) is 21.7 Å². The smallest absolute Gasteiger partial charge is 0.294 e. The van der Waals surface area contributed by atoms with Gasteiger partial charge in [0.15, 0.2) is 5.78 Å². The highest BCUT2D eigenvalue weighted by Gasteiger charge is 2.22. The number of fused-ring (bicyclic) bond motifs is 1. The van der Waals surface area contributed by atoms with Gasteiger partial charge in [-0.1, -0.05) is 36.4 Å². The Morgan fingerprint density at radius 2 is 1.58 bits per heavy atom. The summed E-state index contributed by atoms with van der Waals surface area (Å²) in [6.45, 7) is 0. The first kappa shape index (κ1) is 15.7. The number of hydrogen-bond acceptors (Lipinski definition) is 3. The van der Waals surface area contributed by atoms with Crippen molar-refractivity contribution in [3.63, 3.8) is 0 Å². The van der Waals surface area contributed by atoms with E-state index < -0.39 is 22.2 Å². The maximum absolute atomic E-state index is 13.6. The third-order valence-electron chi connectivity index (χ3n) is 3.70. The topological polar surface area (TPSA) is 60.2 Å². The fourth-order valence-corrected chi connectivity index (χ4v) is 2.54. The van der Waals surface area contributed by atoms with Crippen molar-refractivity contribution in [2.24, 2.45) is 0 Å². The largest absolute Gasteiger partial charge is 0.340 e. The Morgan fingerprint density at radius 3 is 2.21 bits per heavy atom. The minimum absolute atomic E-state index is 0.0498. The van der Waals surface area contributed by atoms with E-state index in [-0.39, 0.29) is 17.8 Å². The van der Waals surface area contributed by atoms with Gasteiger partial charge in [0.2, 0.25) is 11.6 Å². The van der Waals surface area contributed by atoms with Crippen LogP contribution >= 0.6 is 0 Å². The van der Waals surface area contributed by atoms with Crippen molar-refractivity contribution in [3.05, 3.63) is 87.5 Å². The average Bonchev–Trinajstić information content (AvgIpc) is 2.53. The van der Waals surface area contributed by atoms with Gasteiger partial charge in [-0.15, -0.1) is 0 Å². The Balaban J connectivity index is 1.90. The first-order valence-electron chi connectivity index (χ1n) is 7.10. The van der Waals surface area contributed by atoms with Gasteiger partial charge in [0.05, 0.1) is 4.92 Å². The molecule has 4 nitrogen and oxygen atoms in total. The third-order valence-corrected chi connectivity index (χ3v) is 3.70. The maximum Gasteiger partial charge on any atom is 0.340 e. The van der Waals surface area contributed by atoms with Gasteiger partial charge in [0.25, 0.3) is 0 Å². The number of carbonyl (C=O) groups is 1. The summed E-state index contributed by atoms with van der Waals surface area (Å²) in [5, 5.41) is 12.4. The Morgan fingerprint density at radius 1 is 0.958 bits per heavy atom. The number of nitrogens with zero attached hydrogens (tertiary/aromatic N) is 1. The van der Waals surface area contributed by atoms with Crippen LogP contribution < -0.4 is 0 Å². The molecule has 0 radical (unpaired) electrons. The normalized spacial score (nSPS) is 10.8. The highest BCUT2D eigenvalue weighted by atomic mass is 19.1. The molecule has 3 aromatic carbocycles. The fraction of sp³-hybridized carbons (Fsp3) is 0.0556. The number of benzene rings is 3. The molecule has 0 saturated carbocycles. The lowest BCUT2D eigenvalue weighted by atomic mass is 9.99. The molecule has 0 fully saturated rings. The summed E-state index contributed by atoms with van der Waals surface area (Å²) in [7, 11) is 0. The summed E-state index contributed by atoms with van der Waals surface area (Å²) in [6.07, 6.45) is -0.246. The Bertz CT molecular complexity index is 946. The molecule has 0 spiro atoms. The van der Waals surface area contributed by atoms with E-state index >= 15 is 0 Å². The van der Waals surface area contributed by atoms with Crippen molar-refractivity contribution < 1.29 is 18.5 Å². The van der Waals surface area contributed by atoms with Gasteiger partial charge >= 0.3 is 5.69 Å². The van der Waals surface area contributed by atoms with Crippen LogP contribution in [0.1, 0.15) is 15.9 Å². The lowest BCUT2D eigenvalue weighted by molar-refractivity contribution is -0.390. The molecular weight excluding hydrogens is 316 g/mol. The van der Waals surface area contributed by atoms with E-state index in [1.165, 1.54) is 0 Å². The van der Waals surface area contributed by atoms with Gasteiger partial charge in [-0.2, -0.15) is 8.78 Å². The Kier molecular flexibility index (Phi) is 4.04. The van der Waals surface area contributed by atoms with Gasteiger partial charge in [-0.3, -0.25) is 14.9 Å². The van der Waals surface area contributed by atoms with Gasteiger partial charge in [-0.05, 0) is 34.5 Å². The summed E-state index contributed by atoms with van der Waals surface area (Å²) in [6, 6.07) is 14.3. The standard InChI is InChI=1S/C18H11F2NO3/c19-15-7-11(8-16(20)18(15)21(23)24)9-17(22)14-6-5-12-3-1-2-4-13(12)10-14/h1-8,10H,9H2. The second kappa shape index (κ2) is 6.16. The van der Waals surface area contributed by atoms with Crippen LogP contribution in [0.25, 0.3) is 10.8 Å². The van der Waals surface area contributed by atoms with Crippen molar-refractivity contribution in [1.29, 1.82) is 0 Å². The van der Waals surface area contributed by atoms with Crippen molar-refractivity contribution in [3.8, 4) is 0 Å². The monoisotopic (exact) mass is 327 g/mol. The van der Waals surface area contributed by atoms with Crippen LogP contribution in [0.4, 0.5) is 14.5 Å². The summed E-state index contributed by atoms with van der Waals surface area (Å²) >= 11 is 0. The second-order valence-electron chi connectivity index (χ2n) is 5.33. The molecule has 0 atom stereocenters. The van der Waals surface area contributed by atoms with E-state index in [2.05, 4.69) is 0 Å². The molecule has 24 heavy (non-hydrogen) atoms. The van der Waals surface area contributed by atoms with Crippen LogP contribution in [0.5, 0.6) is 0 Å². The van der Waals surface area contributed by atoms with Gasteiger partial charge in [0.1, 0.15) is 0 Å². The Labute approximate surface area is 135 Å². The van der Waals surface area contributed by atoms with E-state index in [1.807, 2.05) is 24.3 Å². The summed E-state index contributed by atoms with van der Waals surface area (Å²) in [5.41, 5.74) is -0.751. The van der Waals surface area contributed by atoms with Crippen LogP contribution in [0.2, 0.25) is 0 Å². The molecule has 0 aromatic heterocycles. The van der Waals surface area contributed by atoms with Crippen molar-refractivity contribution in [1.82, 2.24) is 0 Å². The molecule has 0 aliphatic carbocycles. The average molecular weight is 327 g/mol. The summed E-state index contributed by atoms with van der Waals surface area (Å²) < 4.78 is 27.3. The molecule has 0 heterocycles. The number of hydrogen-bond donors (Lipinski definition) is 0. The SMILES string of the molecule is O=C(Cc1cc(F)c([N+](=O)[O-])c(F)c1)c1ccc2ccccc2c1. The first-order chi connectivity index (χ1) is 11.5. The lowest BCUT2D eigenvalue weighted by Gasteiger charge is -2.05. The number of rotatable bonds is 4. The van der Waals surface area contributed by atoms with Gasteiger partial charge in [-0.25, -0.2) is 0 Å². The van der Waals surface area contributed by atoms with Crippen molar-refractivity contribution >= 4 is 22.2 Å². The fourth-order valence-electron chi connectivity index (χ4n) is 2.54. The minimum atomic E-state index is -1.29. The number of nitro groups is 1. The van der Waals surface area contributed by atoms with E-state index in [0.29, 0.717) is 5.56 Å². The van der Waals surface area contributed by atoms with Gasteiger partial charge < -0.3 is 0 Å². The number of halogens is 2. The van der Waals surface area contributed by atoms with Crippen molar-refractivity contribution in [2.75, 3.05) is 0 Å². The molecule has 120 valence electrons. The summed E-state index contributed by atoms with van der Waals surface area (Å²) in [5.74, 6) is -2.91. The quantitative estimate of drug-likeness (QED) is 0.404. The van der Waals surface area contributed by atoms with E-state index in [9.17, 15) is 23.7 Å². The molecule has 3 rings (SSSR count). The van der Waals surface area contributed by atoms with Gasteiger partial charge in [0, 0.05) is 12.0 Å². The molecule has 0 unspecified atom stereocenters. The zero-order chi connectivity index (χ0) is 17.3. The predicted molar refractivity (Wildman–Crippen MR) is 85.0 cm³/mol. The van der Waals surface area contributed by atoms with E-state index in [4.69, 9.17) is 0 Å². The maximum atomic E-state index is 13.6. The van der Waals surface area contributed by atoms with Crippen molar-refractivity contribution in [2.45, 2.75) is 6.42 Å². The molecular formula is C18H11F2NO3. The molecule has 6 heteroatoms. The molecule has 0 bridgehead atoms. The number of carbonyl (C=O) groups excluding carboxylic acids is 1. The molecule has 0 N–H and O–H groups in total. The zero-order valence-corrected chi connectivity index (χ0v) is 12.3. The summed E-state index contributed by atoms with van der Waals surface area (Å²) in [4.78, 5) is 21.8. The molecule has 3 aromatic rings. The Hall–Kier alpha value is -3.15. The highest BCUT2D eigenvalue weighted by Crippen LogP contribution is 2.24. The van der Waals surface area contributed by atoms with Crippen LogP contribution in [-0.4, -0.2) is 10.7 Å². The highest BCUT2D eigenvalue weighted by molar-refractivity contribution is 6.01. The molecule has 0 aliphatic heterocycles. The molecule has 0 aliphatic rings. The second-order valence-corrected chi connectivity index (χ2v) is 5.33. The van der Waals surface area contributed by atoms with E-state index in [0.717, 1.165) is 22.9 Å². The predicted octanol–water partition coefficient (Wildman–Crippen LogP) is 4.45. The number of ketones is 1. The van der Waals surface area contributed by atoms with Crippen LogP contribution in [-0.2, 0) is 6.42 Å². The molecule has 0 amide bonds. The van der Waals surface area contributed by atoms with Crippen LogP contribution in [0.15, 0.2) is 54.6 Å². The number of Topliss-reactive ketones (excluding diaryl/α,β-unsaturated/α-hetero) is 1. The third kappa shape index (κ3) is 2.99. The minimum Gasteiger partial charge on any atom is -0.294 e.